The molecular formula is C16H25N3O2. The van der Waals surface area contributed by atoms with Crippen LogP contribution >= 0.6 is 0 Å². The normalized spacial score (nSPS) is 10.5. The van der Waals surface area contributed by atoms with Gasteiger partial charge >= 0.3 is 6.03 Å². The summed E-state index contributed by atoms with van der Waals surface area (Å²) in [6, 6.07) is 7.91. The molecule has 0 fully saturated rings. The molecule has 1 rings (SSSR count). The maximum absolute atomic E-state index is 11.7. The van der Waals surface area contributed by atoms with Crippen molar-refractivity contribution >= 4 is 11.9 Å². The van der Waals surface area contributed by atoms with E-state index >= 15 is 0 Å². The highest BCUT2D eigenvalue weighted by molar-refractivity contribution is 5.95. The predicted octanol–water partition coefficient (Wildman–Crippen LogP) is 1.92. The molecule has 0 aliphatic rings. The minimum atomic E-state index is -0.428. The van der Waals surface area contributed by atoms with Gasteiger partial charge in [0, 0.05) is 13.1 Å². The smallest absolute Gasteiger partial charge is 0.321 e. The highest BCUT2D eigenvalue weighted by Crippen LogP contribution is 2.07. The van der Waals surface area contributed by atoms with Crippen molar-refractivity contribution in [3.63, 3.8) is 0 Å². The Morgan fingerprint density at radius 3 is 2.29 bits per heavy atom. The number of carbonyl (C=O) groups is 2. The Morgan fingerprint density at radius 1 is 1.10 bits per heavy atom. The third kappa shape index (κ3) is 6.90. The fourth-order valence-corrected chi connectivity index (χ4v) is 1.94. The second-order valence-corrected chi connectivity index (χ2v) is 5.15. The van der Waals surface area contributed by atoms with Crippen molar-refractivity contribution in [1.29, 1.82) is 0 Å². The lowest BCUT2D eigenvalue weighted by Crippen LogP contribution is -2.43. The average molecular weight is 291 g/mol. The lowest BCUT2D eigenvalue weighted by molar-refractivity contribution is -0.120. The lowest BCUT2D eigenvalue weighted by Gasteiger charge is -2.16. The number of likely N-dealkylation sites (N-methyl/N-ethyl adjacent to an activating group) is 1. The molecule has 1 aromatic rings. The van der Waals surface area contributed by atoms with Crippen molar-refractivity contribution in [2.24, 2.45) is 0 Å². The molecule has 0 saturated carbocycles. The molecule has 5 heteroatoms. The molecule has 0 bridgehead atoms. The van der Waals surface area contributed by atoms with Gasteiger partial charge in [-0.05, 0) is 31.0 Å². The van der Waals surface area contributed by atoms with Gasteiger partial charge in [0.05, 0.1) is 6.54 Å². The van der Waals surface area contributed by atoms with E-state index in [0.717, 1.165) is 18.4 Å². The number of urea groups is 1. The maximum Gasteiger partial charge on any atom is 0.321 e. The predicted molar refractivity (Wildman–Crippen MR) is 84.0 cm³/mol. The van der Waals surface area contributed by atoms with Crippen LogP contribution in [0.4, 0.5) is 4.79 Å². The second-order valence-electron chi connectivity index (χ2n) is 5.15. The van der Waals surface area contributed by atoms with Crippen LogP contribution in [0.15, 0.2) is 24.3 Å². The zero-order valence-electron chi connectivity index (χ0n) is 13.1. The van der Waals surface area contributed by atoms with Gasteiger partial charge < -0.3 is 5.32 Å². The van der Waals surface area contributed by atoms with Crippen LogP contribution in [-0.2, 0) is 17.8 Å². The number of aryl methyl sites for hydroxylation is 1. The summed E-state index contributed by atoms with van der Waals surface area (Å²) >= 11 is 0. The van der Waals surface area contributed by atoms with Crippen molar-refractivity contribution in [2.75, 3.05) is 20.1 Å². The zero-order chi connectivity index (χ0) is 15.7. The first kappa shape index (κ1) is 17.2. The molecule has 0 heterocycles. The monoisotopic (exact) mass is 291 g/mol. The number of amides is 3. The Labute approximate surface area is 126 Å². The molecule has 21 heavy (non-hydrogen) atoms. The zero-order valence-corrected chi connectivity index (χ0v) is 13.1. The summed E-state index contributed by atoms with van der Waals surface area (Å²) in [7, 11) is 1.86. The van der Waals surface area contributed by atoms with E-state index < -0.39 is 6.03 Å². The summed E-state index contributed by atoms with van der Waals surface area (Å²) in [4.78, 5) is 24.9. The van der Waals surface area contributed by atoms with E-state index in [0.29, 0.717) is 13.1 Å². The number of carbonyl (C=O) groups excluding carboxylic acids is 2. The van der Waals surface area contributed by atoms with E-state index in [4.69, 9.17) is 0 Å². The number of rotatable bonds is 7. The van der Waals surface area contributed by atoms with Gasteiger partial charge in [0.1, 0.15) is 0 Å². The minimum absolute atomic E-state index is 0.190. The first-order valence-corrected chi connectivity index (χ1v) is 7.39. The molecule has 0 aromatic heterocycles. The molecule has 0 saturated heterocycles. The van der Waals surface area contributed by atoms with E-state index in [9.17, 15) is 9.59 Å². The van der Waals surface area contributed by atoms with Crippen molar-refractivity contribution in [3.05, 3.63) is 35.4 Å². The SMILES string of the molecule is CCCNC(=O)NC(=O)CN(C)Cc1ccc(CC)cc1. The van der Waals surface area contributed by atoms with Crippen LogP contribution in [0, 0.1) is 0 Å². The molecule has 5 nitrogen and oxygen atoms in total. The van der Waals surface area contributed by atoms with Crippen molar-refractivity contribution in [3.8, 4) is 0 Å². The Kier molecular flexibility index (Phi) is 7.46. The summed E-state index contributed by atoms with van der Waals surface area (Å²) in [5.74, 6) is -0.295. The van der Waals surface area contributed by atoms with Crippen molar-refractivity contribution < 1.29 is 9.59 Å². The van der Waals surface area contributed by atoms with E-state index in [2.05, 4.69) is 41.8 Å². The van der Waals surface area contributed by atoms with Gasteiger partial charge in [-0.2, -0.15) is 0 Å². The van der Waals surface area contributed by atoms with Crippen LogP contribution in [0.25, 0.3) is 0 Å². The molecule has 0 spiro atoms. The molecule has 2 N–H and O–H groups in total. The fraction of sp³-hybridized carbons (Fsp3) is 0.500. The lowest BCUT2D eigenvalue weighted by atomic mass is 10.1. The molecule has 0 atom stereocenters. The van der Waals surface area contributed by atoms with Gasteiger partial charge in [-0.15, -0.1) is 0 Å². The quantitative estimate of drug-likeness (QED) is 0.807. The van der Waals surface area contributed by atoms with Gasteiger partial charge in [-0.25, -0.2) is 4.79 Å². The summed E-state index contributed by atoms with van der Waals surface area (Å²) < 4.78 is 0. The first-order chi connectivity index (χ1) is 10.0. The van der Waals surface area contributed by atoms with Crippen LogP contribution in [-0.4, -0.2) is 37.0 Å². The number of benzene rings is 1. The topological polar surface area (TPSA) is 61.4 Å². The standard InChI is InChI=1S/C16H25N3O2/c1-4-10-17-16(21)18-15(20)12-19(3)11-14-8-6-13(5-2)7-9-14/h6-9H,4-5,10-12H2,1-3H3,(H2,17,18,20,21). The van der Waals surface area contributed by atoms with Gasteiger partial charge in [0.25, 0.3) is 0 Å². The highest BCUT2D eigenvalue weighted by Gasteiger charge is 2.10. The van der Waals surface area contributed by atoms with Crippen molar-refractivity contribution in [1.82, 2.24) is 15.5 Å². The third-order valence-corrected chi connectivity index (χ3v) is 3.09. The van der Waals surface area contributed by atoms with Gasteiger partial charge in [-0.3, -0.25) is 15.0 Å². The minimum Gasteiger partial charge on any atom is -0.338 e. The maximum atomic E-state index is 11.7. The molecule has 0 aliphatic heterocycles. The third-order valence-electron chi connectivity index (χ3n) is 3.09. The van der Waals surface area contributed by atoms with Crippen LogP contribution in [0.5, 0.6) is 0 Å². The molecule has 0 unspecified atom stereocenters. The number of hydrogen-bond donors (Lipinski definition) is 2. The van der Waals surface area contributed by atoms with Crippen LogP contribution in [0.1, 0.15) is 31.4 Å². The summed E-state index contributed by atoms with van der Waals surface area (Å²) in [6.07, 6.45) is 1.86. The summed E-state index contributed by atoms with van der Waals surface area (Å²) in [6.45, 7) is 5.51. The Hall–Kier alpha value is -1.88. The molecule has 0 radical (unpaired) electrons. The second kappa shape index (κ2) is 9.13. The summed E-state index contributed by atoms with van der Waals surface area (Å²) in [5.41, 5.74) is 2.45. The van der Waals surface area contributed by atoms with Crippen LogP contribution < -0.4 is 10.6 Å². The van der Waals surface area contributed by atoms with Crippen LogP contribution in [0.3, 0.4) is 0 Å². The fourth-order valence-electron chi connectivity index (χ4n) is 1.94. The molecule has 3 amide bonds. The van der Waals surface area contributed by atoms with Gasteiger partial charge in [0.2, 0.25) is 5.91 Å². The number of nitrogens with one attached hydrogen (secondary N) is 2. The Bertz CT molecular complexity index is 457. The van der Waals surface area contributed by atoms with Gasteiger partial charge in [0.15, 0.2) is 0 Å². The number of imide groups is 1. The highest BCUT2D eigenvalue weighted by atomic mass is 16.2. The van der Waals surface area contributed by atoms with Crippen LogP contribution in [0.2, 0.25) is 0 Å². The average Bonchev–Trinajstić information content (AvgIpc) is 2.45. The largest absolute Gasteiger partial charge is 0.338 e. The van der Waals surface area contributed by atoms with Crippen molar-refractivity contribution in [2.45, 2.75) is 33.2 Å². The van der Waals surface area contributed by atoms with E-state index in [1.165, 1.54) is 5.56 Å². The Balaban J connectivity index is 2.36. The van der Waals surface area contributed by atoms with E-state index in [-0.39, 0.29) is 12.5 Å². The van der Waals surface area contributed by atoms with E-state index in [1.54, 1.807) is 0 Å². The number of nitrogens with zero attached hydrogens (tertiary/aromatic N) is 1. The molecule has 116 valence electrons. The summed E-state index contributed by atoms with van der Waals surface area (Å²) in [5, 5.41) is 4.93. The molecule has 1 aromatic carbocycles. The Morgan fingerprint density at radius 2 is 1.71 bits per heavy atom. The molecule has 0 aliphatic carbocycles. The van der Waals surface area contributed by atoms with E-state index in [1.807, 2.05) is 18.9 Å². The van der Waals surface area contributed by atoms with Gasteiger partial charge in [-0.1, -0.05) is 38.1 Å². The molecular weight excluding hydrogens is 266 g/mol. The first-order valence-electron chi connectivity index (χ1n) is 7.39. The number of hydrogen-bond acceptors (Lipinski definition) is 3.